The van der Waals surface area contributed by atoms with Crippen molar-refractivity contribution in [3.63, 3.8) is 0 Å². The lowest BCUT2D eigenvalue weighted by atomic mass is 10.2. The minimum Gasteiger partial charge on any atom is -0.376 e. The van der Waals surface area contributed by atoms with E-state index in [2.05, 4.69) is 36.8 Å². The van der Waals surface area contributed by atoms with Gasteiger partial charge in [-0.1, -0.05) is 45.1 Å². The molecule has 128 valence electrons. The molecule has 1 unspecified atom stereocenters. The van der Waals surface area contributed by atoms with Crippen molar-refractivity contribution in [1.82, 2.24) is 10.2 Å². The second-order valence-electron chi connectivity index (χ2n) is 5.24. The maximum Gasteiger partial charge on any atom is 0.234 e. The molecule has 1 saturated heterocycles. The number of aromatic nitrogens is 2. The lowest BCUT2D eigenvalue weighted by Crippen LogP contribution is -2.18. The summed E-state index contributed by atoms with van der Waals surface area (Å²) < 4.78 is 7.26. The maximum absolute atomic E-state index is 12.0. The maximum atomic E-state index is 12.0. The first kappa shape index (κ1) is 17.7. The average Bonchev–Trinajstić information content (AvgIpc) is 3.23. The predicted molar refractivity (Wildman–Crippen MR) is 101 cm³/mol. The van der Waals surface area contributed by atoms with Crippen molar-refractivity contribution in [3.8, 4) is 0 Å². The number of nitrogens with one attached hydrogen (secondary N) is 2. The molecule has 0 aliphatic carbocycles. The number of carbonyl (C=O) groups is 1. The van der Waals surface area contributed by atoms with Crippen LogP contribution < -0.4 is 10.6 Å². The number of benzene rings is 1. The molecule has 1 aliphatic heterocycles. The lowest BCUT2D eigenvalue weighted by molar-refractivity contribution is -0.113. The molecule has 1 aromatic heterocycles. The highest BCUT2D eigenvalue weighted by molar-refractivity contribution is 9.10. The van der Waals surface area contributed by atoms with E-state index in [0.29, 0.717) is 5.75 Å². The Balaban J connectivity index is 1.42. The summed E-state index contributed by atoms with van der Waals surface area (Å²) >= 11 is 6.21. The van der Waals surface area contributed by atoms with Gasteiger partial charge in [0.25, 0.3) is 0 Å². The molecule has 1 aromatic carbocycles. The molecule has 2 heterocycles. The zero-order valence-electron chi connectivity index (χ0n) is 12.8. The number of rotatable bonds is 7. The zero-order valence-corrected chi connectivity index (χ0v) is 16.0. The molecule has 0 radical (unpaired) electrons. The van der Waals surface area contributed by atoms with Crippen molar-refractivity contribution < 1.29 is 9.53 Å². The monoisotopic (exact) mass is 428 g/mol. The Hall–Kier alpha value is -1.16. The Kier molecular flexibility index (Phi) is 6.47. The molecular weight excluding hydrogens is 412 g/mol. The third-order valence-electron chi connectivity index (χ3n) is 3.35. The number of hydrogen-bond acceptors (Lipinski definition) is 7. The summed E-state index contributed by atoms with van der Waals surface area (Å²) in [5.41, 5.74) is 0.770. The molecule has 0 saturated carbocycles. The van der Waals surface area contributed by atoms with Crippen LogP contribution in [0.4, 0.5) is 10.8 Å². The molecule has 3 rings (SSSR count). The van der Waals surface area contributed by atoms with Crippen molar-refractivity contribution in [1.29, 1.82) is 0 Å². The molecule has 1 amide bonds. The Morgan fingerprint density at radius 2 is 2.38 bits per heavy atom. The molecule has 24 heavy (non-hydrogen) atoms. The van der Waals surface area contributed by atoms with Crippen LogP contribution >= 0.6 is 39.0 Å². The summed E-state index contributed by atoms with van der Waals surface area (Å²) in [5, 5.41) is 15.1. The summed E-state index contributed by atoms with van der Waals surface area (Å²) in [7, 11) is 0. The Labute approximate surface area is 156 Å². The van der Waals surface area contributed by atoms with Crippen LogP contribution in [0.15, 0.2) is 33.1 Å². The normalized spacial score (nSPS) is 17.0. The standard InChI is InChI=1S/C15H17BrN4O2S2/c16-10-3-1-4-11(7-10)18-13(21)9-23-15-20-19-14(24-15)17-8-12-5-2-6-22-12/h1,3-4,7,12H,2,5-6,8-9H2,(H,17,19)(H,18,21). The highest BCUT2D eigenvalue weighted by Gasteiger charge is 2.16. The van der Waals surface area contributed by atoms with E-state index in [1.54, 1.807) is 0 Å². The number of ether oxygens (including phenoxy) is 1. The van der Waals surface area contributed by atoms with Crippen LogP contribution in [0.25, 0.3) is 0 Å². The minimum atomic E-state index is -0.0674. The van der Waals surface area contributed by atoms with E-state index in [4.69, 9.17) is 4.74 Å². The van der Waals surface area contributed by atoms with Crippen LogP contribution in [0.2, 0.25) is 0 Å². The summed E-state index contributed by atoms with van der Waals surface area (Å²) in [4.78, 5) is 12.0. The highest BCUT2D eigenvalue weighted by Crippen LogP contribution is 2.26. The van der Waals surface area contributed by atoms with Crippen LogP contribution in [0, 0.1) is 0 Å². The predicted octanol–water partition coefficient (Wildman–Crippen LogP) is 3.62. The van der Waals surface area contributed by atoms with Gasteiger partial charge in [-0.3, -0.25) is 4.79 Å². The zero-order chi connectivity index (χ0) is 16.8. The molecule has 6 nitrogen and oxygen atoms in total. The fourth-order valence-electron chi connectivity index (χ4n) is 2.24. The fourth-order valence-corrected chi connectivity index (χ4v) is 4.19. The van der Waals surface area contributed by atoms with Crippen LogP contribution in [0.3, 0.4) is 0 Å². The van der Waals surface area contributed by atoms with E-state index >= 15 is 0 Å². The van der Waals surface area contributed by atoms with Gasteiger partial charge in [-0.25, -0.2) is 0 Å². The first-order valence-electron chi connectivity index (χ1n) is 7.56. The number of thioether (sulfide) groups is 1. The van der Waals surface area contributed by atoms with Gasteiger partial charge in [0, 0.05) is 23.3 Å². The molecule has 1 aliphatic rings. The van der Waals surface area contributed by atoms with Gasteiger partial charge in [0.15, 0.2) is 4.34 Å². The van der Waals surface area contributed by atoms with E-state index in [0.717, 1.165) is 45.6 Å². The van der Waals surface area contributed by atoms with Crippen LogP contribution in [0.5, 0.6) is 0 Å². The quantitative estimate of drug-likeness (QED) is 0.655. The highest BCUT2D eigenvalue weighted by atomic mass is 79.9. The van der Waals surface area contributed by atoms with Crippen molar-refractivity contribution in [2.45, 2.75) is 23.3 Å². The second-order valence-corrected chi connectivity index (χ2v) is 8.35. The summed E-state index contributed by atoms with van der Waals surface area (Å²) in [6.45, 7) is 1.60. The number of nitrogens with zero attached hydrogens (tertiary/aromatic N) is 2. The van der Waals surface area contributed by atoms with E-state index in [-0.39, 0.29) is 12.0 Å². The van der Waals surface area contributed by atoms with Crippen LogP contribution in [0.1, 0.15) is 12.8 Å². The van der Waals surface area contributed by atoms with Gasteiger partial charge in [-0.15, -0.1) is 10.2 Å². The van der Waals surface area contributed by atoms with Crippen molar-refractivity contribution in [2.75, 3.05) is 29.5 Å². The van der Waals surface area contributed by atoms with Gasteiger partial charge in [0.05, 0.1) is 11.9 Å². The smallest absolute Gasteiger partial charge is 0.234 e. The number of carbonyl (C=O) groups excluding carboxylic acids is 1. The van der Waals surface area contributed by atoms with Gasteiger partial charge in [0.1, 0.15) is 0 Å². The Morgan fingerprint density at radius 3 is 3.17 bits per heavy atom. The van der Waals surface area contributed by atoms with E-state index in [1.165, 1.54) is 23.1 Å². The largest absolute Gasteiger partial charge is 0.376 e. The first-order chi connectivity index (χ1) is 11.7. The molecule has 0 spiro atoms. The first-order valence-corrected chi connectivity index (χ1v) is 10.2. The van der Waals surface area contributed by atoms with E-state index in [1.807, 2.05) is 24.3 Å². The lowest BCUT2D eigenvalue weighted by Gasteiger charge is -2.08. The third-order valence-corrected chi connectivity index (χ3v) is 5.85. The molecule has 1 atom stereocenters. The Morgan fingerprint density at radius 1 is 1.46 bits per heavy atom. The van der Waals surface area contributed by atoms with Gasteiger partial charge < -0.3 is 15.4 Å². The average molecular weight is 429 g/mol. The number of halogens is 1. The fraction of sp³-hybridized carbons (Fsp3) is 0.400. The second kappa shape index (κ2) is 8.80. The topological polar surface area (TPSA) is 76.1 Å². The molecular formula is C15H17BrN4O2S2. The van der Waals surface area contributed by atoms with E-state index < -0.39 is 0 Å². The third kappa shape index (κ3) is 5.44. The summed E-state index contributed by atoms with van der Waals surface area (Å²) in [6, 6.07) is 7.51. The van der Waals surface area contributed by atoms with Gasteiger partial charge in [-0.05, 0) is 31.0 Å². The minimum absolute atomic E-state index is 0.0674. The van der Waals surface area contributed by atoms with Gasteiger partial charge >= 0.3 is 0 Å². The summed E-state index contributed by atoms with van der Waals surface area (Å²) in [6.07, 6.45) is 2.47. The number of hydrogen-bond donors (Lipinski definition) is 2. The molecule has 0 bridgehead atoms. The molecule has 2 aromatic rings. The van der Waals surface area contributed by atoms with Gasteiger partial charge in [-0.2, -0.15) is 0 Å². The van der Waals surface area contributed by atoms with Crippen LogP contribution in [-0.4, -0.2) is 41.1 Å². The molecule has 2 N–H and O–H groups in total. The van der Waals surface area contributed by atoms with Crippen molar-refractivity contribution >= 4 is 55.8 Å². The number of amides is 1. The molecule has 1 fully saturated rings. The van der Waals surface area contributed by atoms with E-state index in [9.17, 15) is 4.79 Å². The SMILES string of the molecule is O=C(CSc1nnc(NCC2CCCO2)s1)Nc1cccc(Br)c1. The molecule has 9 heteroatoms. The van der Waals surface area contributed by atoms with Crippen LogP contribution in [-0.2, 0) is 9.53 Å². The number of anilines is 2. The van der Waals surface area contributed by atoms with Gasteiger partial charge in [0.2, 0.25) is 11.0 Å². The van der Waals surface area contributed by atoms with Crippen molar-refractivity contribution in [3.05, 3.63) is 28.7 Å². The Bertz CT molecular complexity index is 692. The van der Waals surface area contributed by atoms with Crippen molar-refractivity contribution in [2.24, 2.45) is 0 Å². The summed E-state index contributed by atoms with van der Waals surface area (Å²) in [5.74, 6) is 0.231.